The van der Waals surface area contributed by atoms with Crippen LogP contribution in [0.5, 0.6) is 0 Å². The molecule has 2 atom stereocenters. The molecule has 2 fully saturated rings. The number of halogens is 1. The molecule has 0 spiro atoms. The summed E-state index contributed by atoms with van der Waals surface area (Å²) in [5.74, 6) is 0.503. The highest BCUT2D eigenvalue weighted by Gasteiger charge is 2.59. The van der Waals surface area contributed by atoms with Crippen molar-refractivity contribution in [2.75, 3.05) is 24.7 Å². The van der Waals surface area contributed by atoms with E-state index < -0.39 is 24.6 Å². The van der Waals surface area contributed by atoms with Crippen LogP contribution < -0.4 is 4.90 Å². The maximum absolute atomic E-state index is 14.5. The lowest BCUT2D eigenvalue weighted by atomic mass is 9.96. The fraction of sp³-hybridized carbons (Fsp3) is 0.762. The molecular formula is C21H33IN4O3S. The number of hydrogen-bond donors (Lipinski definition) is 0. The van der Waals surface area contributed by atoms with Crippen LogP contribution in [0, 0.1) is 9.25 Å². The number of hydrogen-bond acceptors (Lipinski definition) is 6. The maximum atomic E-state index is 14.5. The first-order valence-corrected chi connectivity index (χ1v) is 13.0. The molecule has 168 valence electrons. The zero-order chi connectivity index (χ0) is 22.5. The van der Waals surface area contributed by atoms with Gasteiger partial charge in [0.05, 0.1) is 39.4 Å². The smallest absolute Gasteiger partial charge is 0.259 e. The Kier molecular flexibility index (Phi) is 6.32. The van der Waals surface area contributed by atoms with Crippen molar-refractivity contribution in [3.8, 4) is 0 Å². The SMILES string of the molecule is C[C@@H]1COCCN1c1cc(C2([S@@](=O)(=NC(=O)C(C)(C)C)C(C)(C)C)CC2)nc(I)n1. The Morgan fingerprint density at radius 3 is 2.40 bits per heavy atom. The van der Waals surface area contributed by atoms with E-state index in [2.05, 4.69) is 43.8 Å². The van der Waals surface area contributed by atoms with E-state index in [1.807, 2.05) is 47.6 Å². The summed E-state index contributed by atoms with van der Waals surface area (Å²) in [6, 6.07) is 2.16. The summed E-state index contributed by atoms with van der Waals surface area (Å²) in [5.41, 5.74) is 0.0550. The predicted octanol–water partition coefficient (Wildman–Crippen LogP) is 4.13. The molecule has 0 aromatic carbocycles. The highest BCUT2D eigenvalue weighted by molar-refractivity contribution is 14.1. The Balaban J connectivity index is 2.15. The molecule has 1 saturated carbocycles. The van der Waals surface area contributed by atoms with E-state index in [4.69, 9.17) is 9.72 Å². The highest BCUT2D eigenvalue weighted by Crippen LogP contribution is 2.57. The van der Waals surface area contributed by atoms with Crippen LogP contribution in [0.3, 0.4) is 0 Å². The molecule has 3 rings (SSSR count). The van der Waals surface area contributed by atoms with Crippen molar-refractivity contribution in [3.05, 3.63) is 15.6 Å². The van der Waals surface area contributed by atoms with Gasteiger partial charge >= 0.3 is 0 Å². The van der Waals surface area contributed by atoms with Crippen LogP contribution in [-0.4, -0.2) is 50.6 Å². The molecule has 7 nitrogen and oxygen atoms in total. The van der Waals surface area contributed by atoms with Crippen LogP contribution in [0.15, 0.2) is 10.4 Å². The molecule has 0 bridgehead atoms. The number of carbonyl (C=O) groups excluding carboxylic acids is 1. The van der Waals surface area contributed by atoms with Crippen molar-refractivity contribution < 1.29 is 13.7 Å². The number of aromatic nitrogens is 2. The summed E-state index contributed by atoms with van der Waals surface area (Å²) in [6.45, 7) is 15.3. The second-order valence-corrected chi connectivity index (χ2v) is 14.5. The Morgan fingerprint density at radius 1 is 1.27 bits per heavy atom. The summed E-state index contributed by atoms with van der Waals surface area (Å²) in [5, 5.41) is 0. The highest BCUT2D eigenvalue weighted by atomic mass is 127. The second-order valence-electron chi connectivity index (χ2n) is 10.3. The molecule has 1 aromatic heterocycles. The minimum absolute atomic E-state index is 0.201. The van der Waals surface area contributed by atoms with Gasteiger partial charge in [0.15, 0.2) is 3.83 Å². The van der Waals surface area contributed by atoms with Gasteiger partial charge in [0.2, 0.25) is 0 Å². The van der Waals surface area contributed by atoms with Gasteiger partial charge in [-0.25, -0.2) is 14.2 Å². The van der Waals surface area contributed by atoms with Crippen molar-refractivity contribution >= 4 is 44.0 Å². The quantitative estimate of drug-likeness (QED) is 0.417. The molecular weight excluding hydrogens is 515 g/mol. The molecule has 1 aromatic rings. The summed E-state index contributed by atoms with van der Waals surface area (Å²) in [4.78, 5) is 24.4. The third-order valence-electron chi connectivity index (χ3n) is 5.73. The second kappa shape index (κ2) is 7.95. The van der Waals surface area contributed by atoms with E-state index in [0.29, 0.717) is 29.9 Å². The number of anilines is 1. The largest absolute Gasteiger partial charge is 0.377 e. The van der Waals surface area contributed by atoms with Crippen molar-refractivity contribution in [1.82, 2.24) is 9.97 Å². The van der Waals surface area contributed by atoms with E-state index in [1.54, 1.807) is 0 Å². The van der Waals surface area contributed by atoms with Gasteiger partial charge in [-0.15, -0.1) is 0 Å². The van der Waals surface area contributed by atoms with Crippen LogP contribution in [0.1, 0.15) is 67.0 Å². The number of ether oxygens (including phenoxy) is 1. The van der Waals surface area contributed by atoms with Gasteiger partial charge in [0.25, 0.3) is 5.91 Å². The Morgan fingerprint density at radius 2 is 1.90 bits per heavy atom. The average molecular weight is 548 g/mol. The summed E-state index contributed by atoms with van der Waals surface area (Å²) >= 11 is 2.12. The summed E-state index contributed by atoms with van der Waals surface area (Å²) < 4.78 is 23.7. The monoisotopic (exact) mass is 548 g/mol. The fourth-order valence-electron chi connectivity index (χ4n) is 3.71. The molecule has 0 radical (unpaired) electrons. The normalized spacial score (nSPS) is 23.6. The van der Waals surface area contributed by atoms with Crippen LogP contribution in [-0.2, 0) is 24.0 Å². The molecule has 30 heavy (non-hydrogen) atoms. The zero-order valence-electron chi connectivity index (χ0n) is 19.0. The van der Waals surface area contributed by atoms with Crippen molar-refractivity contribution in [2.45, 2.75) is 76.8 Å². The lowest BCUT2D eigenvalue weighted by molar-refractivity contribution is -0.124. The minimum Gasteiger partial charge on any atom is -0.377 e. The van der Waals surface area contributed by atoms with Crippen LogP contribution in [0.4, 0.5) is 5.82 Å². The van der Waals surface area contributed by atoms with Gasteiger partial charge in [-0.05, 0) is 40.5 Å². The molecule has 2 aliphatic rings. The lowest BCUT2D eigenvalue weighted by Crippen LogP contribution is -2.44. The van der Waals surface area contributed by atoms with E-state index in [0.717, 1.165) is 18.1 Å². The molecule has 1 amide bonds. The molecule has 2 heterocycles. The van der Waals surface area contributed by atoms with E-state index in [1.165, 1.54) is 0 Å². The van der Waals surface area contributed by atoms with Gasteiger partial charge in [-0.3, -0.25) is 4.79 Å². The predicted molar refractivity (Wildman–Crippen MR) is 128 cm³/mol. The van der Waals surface area contributed by atoms with E-state index in [-0.39, 0.29) is 11.9 Å². The van der Waals surface area contributed by atoms with Crippen molar-refractivity contribution in [2.24, 2.45) is 9.78 Å². The fourth-order valence-corrected chi connectivity index (χ4v) is 7.38. The molecule has 9 heteroatoms. The molecule has 1 saturated heterocycles. The molecule has 0 N–H and O–H groups in total. The Labute approximate surface area is 194 Å². The number of carbonyl (C=O) groups is 1. The van der Waals surface area contributed by atoms with Crippen LogP contribution in [0.2, 0.25) is 0 Å². The van der Waals surface area contributed by atoms with E-state index in [9.17, 15) is 9.00 Å². The van der Waals surface area contributed by atoms with Crippen LogP contribution in [0.25, 0.3) is 0 Å². The van der Waals surface area contributed by atoms with Gasteiger partial charge in [0.1, 0.15) is 5.82 Å². The van der Waals surface area contributed by atoms with Crippen LogP contribution >= 0.6 is 22.6 Å². The van der Waals surface area contributed by atoms with Gasteiger partial charge in [-0.2, -0.15) is 4.36 Å². The standard InChI is InChI=1S/C21H33IN4O3S/c1-14-13-29-11-10-26(14)16-12-15(23-18(22)24-16)21(8-9-21)30(28,20(5,6)7)25-17(27)19(2,3)4/h12,14H,8-11,13H2,1-7H3/t14-,30-/m1/s1. The first-order chi connectivity index (χ1) is 13.7. The summed E-state index contributed by atoms with van der Waals surface area (Å²) in [7, 11) is -2.95. The lowest BCUT2D eigenvalue weighted by Gasteiger charge is -2.35. The van der Waals surface area contributed by atoms with Crippen molar-refractivity contribution in [1.29, 1.82) is 0 Å². The number of morpholine rings is 1. The zero-order valence-corrected chi connectivity index (χ0v) is 22.0. The number of nitrogens with zero attached hydrogens (tertiary/aromatic N) is 4. The Bertz CT molecular complexity index is 954. The molecule has 1 aliphatic heterocycles. The molecule has 1 aliphatic carbocycles. The summed E-state index contributed by atoms with van der Waals surface area (Å²) in [6.07, 6.45) is 1.41. The maximum Gasteiger partial charge on any atom is 0.259 e. The first kappa shape index (κ1) is 23.8. The average Bonchev–Trinajstić information content (AvgIpc) is 3.42. The van der Waals surface area contributed by atoms with Gasteiger partial charge in [0, 0.05) is 45.4 Å². The first-order valence-electron chi connectivity index (χ1n) is 10.4. The third kappa shape index (κ3) is 4.26. The topological polar surface area (TPSA) is 84.8 Å². The van der Waals surface area contributed by atoms with Gasteiger partial charge in [-0.1, -0.05) is 20.8 Å². The number of amides is 1. The molecule has 0 unspecified atom stereocenters. The van der Waals surface area contributed by atoms with Gasteiger partial charge < -0.3 is 9.64 Å². The minimum atomic E-state index is -2.95. The van der Waals surface area contributed by atoms with E-state index >= 15 is 0 Å². The Hall–Kier alpha value is -0.810. The third-order valence-corrected chi connectivity index (χ3v) is 9.97. The van der Waals surface area contributed by atoms with Crippen molar-refractivity contribution in [3.63, 3.8) is 0 Å². The number of rotatable bonds is 3.